The summed E-state index contributed by atoms with van der Waals surface area (Å²) in [5, 5.41) is 3.34. The number of H-pyrrole nitrogens is 1. The highest BCUT2D eigenvalue weighted by atomic mass is 16.5. The molecule has 0 atom stereocenters. The molecule has 3 aromatic carbocycles. The van der Waals surface area contributed by atoms with Crippen LogP contribution in [0.25, 0.3) is 11.0 Å². The van der Waals surface area contributed by atoms with E-state index in [0.29, 0.717) is 18.0 Å². The van der Waals surface area contributed by atoms with E-state index >= 15 is 0 Å². The van der Waals surface area contributed by atoms with Gasteiger partial charge in [-0.2, -0.15) is 0 Å². The predicted octanol–water partition coefficient (Wildman–Crippen LogP) is 4.14. The zero-order valence-electron chi connectivity index (χ0n) is 15.7. The number of imidazole rings is 1. The maximum Gasteiger partial charge on any atom is 0.326 e. The molecule has 28 heavy (non-hydrogen) atoms. The van der Waals surface area contributed by atoms with Crippen molar-refractivity contribution in [1.82, 2.24) is 9.55 Å². The molecule has 0 aliphatic heterocycles. The van der Waals surface area contributed by atoms with E-state index in [1.807, 2.05) is 66.7 Å². The van der Waals surface area contributed by atoms with E-state index in [0.717, 1.165) is 28.0 Å². The second-order valence-electron chi connectivity index (χ2n) is 6.39. The number of benzene rings is 3. The summed E-state index contributed by atoms with van der Waals surface area (Å²) in [5.74, 6) is 1.27. The number of rotatable bonds is 6. The lowest BCUT2D eigenvalue weighted by molar-refractivity contribution is 0.351. The molecule has 2 N–H and O–H groups in total. The van der Waals surface area contributed by atoms with E-state index in [-0.39, 0.29) is 5.69 Å². The third-order valence-corrected chi connectivity index (χ3v) is 4.65. The first kappa shape index (κ1) is 17.7. The van der Waals surface area contributed by atoms with Crippen LogP contribution in [0.1, 0.15) is 5.56 Å². The smallest absolute Gasteiger partial charge is 0.326 e. The highest BCUT2D eigenvalue weighted by Crippen LogP contribution is 2.31. The van der Waals surface area contributed by atoms with E-state index in [1.54, 1.807) is 18.8 Å². The molecule has 6 nitrogen and oxygen atoms in total. The molecule has 6 heteroatoms. The summed E-state index contributed by atoms with van der Waals surface area (Å²) < 4.78 is 12.5. The Bertz CT molecular complexity index is 1160. The molecular weight excluding hydrogens is 354 g/mol. The van der Waals surface area contributed by atoms with Crippen LogP contribution in [-0.4, -0.2) is 23.8 Å². The molecule has 0 spiro atoms. The number of aromatic amines is 1. The van der Waals surface area contributed by atoms with Gasteiger partial charge >= 0.3 is 5.69 Å². The molecule has 0 radical (unpaired) electrons. The molecule has 0 fully saturated rings. The summed E-state index contributed by atoms with van der Waals surface area (Å²) >= 11 is 0. The maximum atomic E-state index is 12.6. The minimum Gasteiger partial charge on any atom is -0.493 e. The van der Waals surface area contributed by atoms with Crippen LogP contribution in [-0.2, 0) is 6.54 Å². The fraction of sp³-hybridized carbons (Fsp3) is 0.136. The molecular formula is C22H21N3O3. The fourth-order valence-electron chi connectivity index (χ4n) is 3.34. The van der Waals surface area contributed by atoms with Crippen molar-refractivity contribution in [2.45, 2.75) is 6.54 Å². The van der Waals surface area contributed by atoms with Gasteiger partial charge in [0.05, 0.1) is 31.8 Å². The molecule has 0 unspecified atom stereocenters. The number of methoxy groups -OCH3 is 2. The van der Waals surface area contributed by atoms with Gasteiger partial charge in [-0.3, -0.25) is 4.57 Å². The van der Waals surface area contributed by atoms with Gasteiger partial charge in [0, 0.05) is 16.9 Å². The molecule has 0 bridgehead atoms. The summed E-state index contributed by atoms with van der Waals surface area (Å²) in [6.07, 6.45) is 0. The van der Waals surface area contributed by atoms with Gasteiger partial charge in [-0.05, 0) is 36.4 Å². The third kappa shape index (κ3) is 3.32. The Balaban J connectivity index is 1.69. The molecule has 142 valence electrons. The van der Waals surface area contributed by atoms with Gasteiger partial charge in [0.25, 0.3) is 0 Å². The lowest BCUT2D eigenvalue weighted by Gasteiger charge is -2.13. The number of anilines is 2. The van der Waals surface area contributed by atoms with Crippen LogP contribution in [0.5, 0.6) is 11.5 Å². The van der Waals surface area contributed by atoms with Gasteiger partial charge in [0.2, 0.25) is 0 Å². The third-order valence-electron chi connectivity index (χ3n) is 4.65. The summed E-state index contributed by atoms with van der Waals surface area (Å²) in [6.45, 7) is 0.380. The number of para-hydroxylation sites is 2. The average Bonchev–Trinajstić information content (AvgIpc) is 3.03. The number of aromatic nitrogens is 2. The molecule has 4 aromatic rings. The maximum absolute atomic E-state index is 12.6. The van der Waals surface area contributed by atoms with Gasteiger partial charge in [0.15, 0.2) is 11.5 Å². The van der Waals surface area contributed by atoms with Gasteiger partial charge in [-0.1, -0.05) is 30.3 Å². The summed E-state index contributed by atoms with van der Waals surface area (Å²) in [4.78, 5) is 15.5. The lowest BCUT2D eigenvalue weighted by atomic mass is 10.1. The molecule has 0 saturated carbocycles. The Morgan fingerprint density at radius 3 is 2.50 bits per heavy atom. The van der Waals surface area contributed by atoms with Crippen molar-refractivity contribution in [3.63, 3.8) is 0 Å². The molecule has 0 amide bonds. The fourth-order valence-corrected chi connectivity index (χ4v) is 3.34. The van der Waals surface area contributed by atoms with Crippen molar-refractivity contribution in [1.29, 1.82) is 0 Å². The monoisotopic (exact) mass is 375 g/mol. The number of hydrogen-bond acceptors (Lipinski definition) is 4. The second-order valence-corrected chi connectivity index (χ2v) is 6.39. The Morgan fingerprint density at radius 2 is 1.75 bits per heavy atom. The average molecular weight is 375 g/mol. The Hall–Kier alpha value is -3.67. The van der Waals surface area contributed by atoms with Gasteiger partial charge in [0.1, 0.15) is 0 Å². The van der Waals surface area contributed by atoms with E-state index in [9.17, 15) is 4.79 Å². The van der Waals surface area contributed by atoms with Crippen LogP contribution < -0.4 is 20.5 Å². The summed E-state index contributed by atoms with van der Waals surface area (Å²) in [5.41, 5.74) is 4.20. The molecule has 0 aliphatic carbocycles. The van der Waals surface area contributed by atoms with Crippen LogP contribution in [0.15, 0.2) is 71.5 Å². The first-order chi connectivity index (χ1) is 13.7. The second kappa shape index (κ2) is 7.52. The first-order valence-electron chi connectivity index (χ1n) is 8.94. The first-order valence-corrected chi connectivity index (χ1v) is 8.94. The Morgan fingerprint density at radius 1 is 0.929 bits per heavy atom. The largest absolute Gasteiger partial charge is 0.493 e. The number of ether oxygens (including phenoxy) is 2. The van der Waals surface area contributed by atoms with Crippen molar-refractivity contribution in [2.75, 3.05) is 19.5 Å². The Kier molecular flexibility index (Phi) is 4.76. The van der Waals surface area contributed by atoms with Crippen LogP contribution in [0, 0.1) is 0 Å². The molecule has 1 aromatic heterocycles. The predicted molar refractivity (Wildman–Crippen MR) is 111 cm³/mol. The highest BCUT2D eigenvalue weighted by Gasteiger charge is 2.13. The molecule has 0 aliphatic rings. The topological polar surface area (TPSA) is 68.3 Å². The van der Waals surface area contributed by atoms with E-state index in [2.05, 4.69) is 10.3 Å². The van der Waals surface area contributed by atoms with Crippen molar-refractivity contribution < 1.29 is 9.47 Å². The highest BCUT2D eigenvalue weighted by molar-refractivity contribution is 5.81. The van der Waals surface area contributed by atoms with Crippen LogP contribution in [0.2, 0.25) is 0 Å². The minimum atomic E-state index is -0.170. The molecule has 0 saturated heterocycles. The minimum absolute atomic E-state index is 0.170. The quantitative estimate of drug-likeness (QED) is 0.531. The number of nitrogens with one attached hydrogen (secondary N) is 2. The Labute approximate surface area is 162 Å². The van der Waals surface area contributed by atoms with Gasteiger partial charge in [-0.25, -0.2) is 4.79 Å². The summed E-state index contributed by atoms with van der Waals surface area (Å²) in [6, 6.07) is 21.4. The summed E-state index contributed by atoms with van der Waals surface area (Å²) in [7, 11) is 3.20. The van der Waals surface area contributed by atoms with Gasteiger partial charge in [-0.15, -0.1) is 0 Å². The standard InChI is InChI=1S/C22H21N3O3/c1-27-20-10-6-7-15(21(20)28-2)14-25-19-12-11-17(13-18(19)24-22(25)26)23-16-8-4-3-5-9-16/h3-13,23H,14H2,1-2H3,(H,24,26). The normalized spacial score (nSPS) is 10.8. The van der Waals surface area contributed by atoms with Crippen molar-refractivity contribution in [3.05, 3.63) is 82.8 Å². The van der Waals surface area contributed by atoms with E-state index in [4.69, 9.17) is 9.47 Å². The number of hydrogen-bond donors (Lipinski definition) is 2. The van der Waals surface area contributed by atoms with Crippen LogP contribution in [0.4, 0.5) is 11.4 Å². The number of fused-ring (bicyclic) bond motifs is 1. The van der Waals surface area contributed by atoms with Crippen LogP contribution in [0.3, 0.4) is 0 Å². The SMILES string of the molecule is COc1cccc(Cn2c(=O)[nH]c3cc(Nc4ccccc4)ccc32)c1OC. The lowest BCUT2D eigenvalue weighted by Crippen LogP contribution is -2.17. The zero-order valence-corrected chi connectivity index (χ0v) is 15.7. The van der Waals surface area contributed by atoms with E-state index < -0.39 is 0 Å². The molecule has 1 heterocycles. The number of nitrogens with zero attached hydrogens (tertiary/aromatic N) is 1. The van der Waals surface area contributed by atoms with Crippen molar-refractivity contribution >= 4 is 22.4 Å². The van der Waals surface area contributed by atoms with Gasteiger partial charge < -0.3 is 19.8 Å². The zero-order chi connectivity index (χ0) is 19.5. The van der Waals surface area contributed by atoms with Crippen molar-refractivity contribution in [2.24, 2.45) is 0 Å². The van der Waals surface area contributed by atoms with Crippen molar-refractivity contribution in [3.8, 4) is 11.5 Å². The molecule has 4 rings (SSSR count). The van der Waals surface area contributed by atoms with E-state index in [1.165, 1.54) is 0 Å². The van der Waals surface area contributed by atoms with Crippen LogP contribution >= 0.6 is 0 Å².